The number of fused-ring (bicyclic) bond motifs is 1. The Balaban J connectivity index is 1.89. The van der Waals surface area contributed by atoms with Crippen LogP contribution in [0.1, 0.15) is 24.5 Å². The smallest absolute Gasteiger partial charge is 0.261 e. The van der Waals surface area contributed by atoms with E-state index in [0.717, 1.165) is 0 Å². The predicted octanol–water partition coefficient (Wildman–Crippen LogP) is 1.92. The first-order valence-electron chi connectivity index (χ1n) is 9.43. The van der Waals surface area contributed by atoms with Gasteiger partial charge in [-0.2, -0.15) is 0 Å². The third-order valence-corrected chi connectivity index (χ3v) is 4.66. The summed E-state index contributed by atoms with van der Waals surface area (Å²) in [6.07, 6.45) is 6.34. The average Bonchev–Trinajstić information content (AvgIpc) is 3.20. The molecule has 4 aromatic rings. The highest BCUT2D eigenvalue weighted by Crippen LogP contribution is 2.33. The number of hydrogen-bond donors (Lipinski definition) is 4. The van der Waals surface area contributed by atoms with Gasteiger partial charge in [-0.05, 0) is 13.0 Å². The molecule has 0 bridgehead atoms. The molecule has 4 heterocycles. The van der Waals surface area contributed by atoms with Crippen molar-refractivity contribution in [3.8, 4) is 17.1 Å². The molecule has 11 nitrogen and oxygen atoms in total. The van der Waals surface area contributed by atoms with Crippen molar-refractivity contribution in [3.05, 3.63) is 52.6 Å². The Morgan fingerprint density at radius 2 is 2.03 bits per heavy atom. The third-order valence-electron chi connectivity index (χ3n) is 4.66. The van der Waals surface area contributed by atoms with E-state index < -0.39 is 0 Å². The number of imidazole rings is 1. The zero-order valence-electron chi connectivity index (χ0n) is 17.2. The largest absolute Gasteiger partial charge is 0.495 e. The molecule has 0 aliphatic heterocycles. The number of nitrogen functional groups attached to an aromatic ring is 1. The molecule has 0 spiro atoms. The van der Waals surface area contributed by atoms with Gasteiger partial charge in [0.1, 0.15) is 23.0 Å². The minimum atomic E-state index is -0.390. The molecule has 31 heavy (non-hydrogen) atoms. The SMILES string of the molecule is CN=Cc1[nH]c(=O)c(-c2nc3ncc(OC)cc3[nH]2)c(N[C@@H](C)c2ncccn2)c1N. The minimum absolute atomic E-state index is 0.241. The number of pyridine rings is 2. The zero-order chi connectivity index (χ0) is 22.0. The Bertz CT molecular complexity index is 1310. The summed E-state index contributed by atoms with van der Waals surface area (Å²) in [5, 5.41) is 3.26. The third kappa shape index (κ3) is 3.80. The molecule has 0 unspecified atom stereocenters. The lowest BCUT2D eigenvalue weighted by molar-refractivity contribution is 0.413. The summed E-state index contributed by atoms with van der Waals surface area (Å²) in [5.41, 5.74) is 8.41. The molecule has 1 atom stereocenters. The van der Waals surface area contributed by atoms with Crippen molar-refractivity contribution in [1.29, 1.82) is 0 Å². The highest BCUT2D eigenvalue weighted by Gasteiger charge is 2.22. The van der Waals surface area contributed by atoms with E-state index in [0.29, 0.717) is 45.6 Å². The number of aromatic amines is 2. The Morgan fingerprint density at radius 3 is 2.74 bits per heavy atom. The van der Waals surface area contributed by atoms with Crippen LogP contribution in [0.4, 0.5) is 11.4 Å². The van der Waals surface area contributed by atoms with Gasteiger partial charge in [0.2, 0.25) is 0 Å². The molecule has 158 valence electrons. The van der Waals surface area contributed by atoms with Crippen molar-refractivity contribution in [2.45, 2.75) is 13.0 Å². The molecule has 4 aromatic heterocycles. The van der Waals surface area contributed by atoms with Crippen LogP contribution >= 0.6 is 0 Å². The number of hydrogen-bond acceptors (Lipinski definition) is 9. The van der Waals surface area contributed by atoms with E-state index in [4.69, 9.17) is 10.5 Å². The first kappa shape index (κ1) is 20.0. The number of aromatic nitrogens is 6. The molecular weight excluding hydrogens is 398 g/mol. The second-order valence-electron chi connectivity index (χ2n) is 6.72. The molecule has 0 aromatic carbocycles. The maximum Gasteiger partial charge on any atom is 0.261 e. The number of ether oxygens (including phenoxy) is 1. The van der Waals surface area contributed by atoms with Crippen LogP contribution in [0.2, 0.25) is 0 Å². The number of aliphatic imine (C=N–C) groups is 1. The van der Waals surface area contributed by atoms with Crippen LogP contribution < -0.4 is 21.3 Å². The van der Waals surface area contributed by atoms with Crippen LogP contribution in [0.3, 0.4) is 0 Å². The summed E-state index contributed by atoms with van der Waals surface area (Å²) >= 11 is 0. The summed E-state index contributed by atoms with van der Waals surface area (Å²) in [5.74, 6) is 1.43. The molecule has 0 amide bonds. The Morgan fingerprint density at radius 1 is 1.26 bits per heavy atom. The first-order valence-corrected chi connectivity index (χ1v) is 9.43. The second-order valence-corrected chi connectivity index (χ2v) is 6.72. The molecule has 5 N–H and O–H groups in total. The van der Waals surface area contributed by atoms with E-state index in [2.05, 4.69) is 40.2 Å². The van der Waals surface area contributed by atoms with E-state index in [9.17, 15) is 4.79 Å². The fraction of sp³-hybridized carbons (Fsp3) is 0.200. The molecule has 4 rings (SSSR count). The van der Waals surface area contributed by atoms with Crippen molar-refractivity contribution in [1.82, 2.24) is 29.9 Å². The number of nitrogens with one attached hydrogen (secondary N) is 3. The number of nitrogens with zero attached hydrogens (tertiary/aromatic N) is 5. The maximum atomic E-state index is 13.1. The fourth-order valence-corrected chi connectivity index (χ4v) is 3.17. The van der Waals surface area contributed by atoms with Gasteiger partial charge in [-0.15, -0.1) is 0 Å². The van der Waals surface area contributed by atoms with Crippen LogP contribution in [0.5, 0.6) is 5.75 Å². The molecule has 11 heteroatoms. The number of rotatable bonds is 6. The normalized spacial score (nSPS) is 12.4. The lowest BCUT2D eigenvalue weighted by Crippen LogP contribution is -2.21. The zero-order valence-corrected chi connectivity index (χ0v) is 17.2. The van der Waals surface area contributed by atoms with Crippen LogP contribution in [0.15, 0.2) is 40.5 Å². The van der Waals surface area contributed by atoms with Crippen LogP contribution in [-0.2, 0) is 0 Å². The van der Waals surface area contributed by atoms with Gasteiger partial charge >= 0.3 is 0 Å². The van der Waals surface area contributed by atoms with Crippen molar-refractivity contribution in [3.63, 3.8) is 0 Å². The summed E-state index contributed by atoms with van der Waals surface area (Å²) in [7, 11) is 3.14. The summed E-state index contributed by atoms with van der Waals surface area (Å²) in [4.78, 5) is 40.2. The van der Waals surface area contributed by atoms with E-state index in [1.54, 1.807) is 44.9 Å². The number of anilines is 2. The van der Waals surface area contributed by atoms with Crippen LogP contribution in [0.25, 0.3) is 22.6 Å². The summed E-state index contributed by atoms with van der Waals surface area (Å²) in [6.45, 7) is 1.87. The van der Waals surface area contributed by atoms with Gasteiger partial charge < -0.3 is 25.8 Å². The van der Waals surface area contributed by atoms with Gasteiger partial charge in [0.15, 0.2) is 5.65 Å². The number of nitrogens with two attached hydrogens (primary N) is 1. The fourth-order valence-electron chi connectivity index (χ4n) is 3.17. The quantitative estimate of drug-likeness (QED) is 0.345. The van der Waals surface area contributed by atoms with Crippen LogP contribution in [0, 0.1) is 0 Å². The topological polar surface area (TPSA) is 160 Å². The molecule has 0 aliphatic rings. The molecule has 0 fully saturated rings. The second kappa shape index (κ2) is 8.22. The van der Waals surface area contributed by atoms with Gasteiger partial charge in [0.25, 0.3) is 5.56 Å². The standard InChI is InChI=1S/C20H21N9O2/c1-10(17-23-5-4-6-24-17)26-16-14(20(30)28-13(9-22-2)15(16)21)19-27-12-7-11(31-3)8-25-18(12)29-19/h4-10H,21H2,1-3H3,(H,25,27,29)(H2,26,28,30)/t10-/m0/s1. The number of H-pyrrole nitrogens is 2. The van der Waals surface area contributed by atoms with Gasteiger partial charge in [-0.25, -0.2) is 19.9 Å². The van der Waals surface area contributed by atoms with Crippen molar-refractivity contribution in [2.24, 2.45) is 4.99 Å². The lowest BCUT2D eigenvalue weighted by Gasteiger charge is -2.18. The lowest BCUT2D eigenvalue weighted by atomic mass is 10.1. The minimum Gasteiger partial charge on any atom is -0.495 e. The molecule has 0 radical (unpaired) electrons. The highest BCUT2D eigenvalue weighted by molar-refractivity contribution is 5.95. The van der Waals surface area contributed by atoms with Crippen molar-refractivity contribution in [2.75, 3.05) is 25.2 Å². The highest BCUT2D eigenvalue weighted by atomic mass is 16.5. The van der Waals surface area contributed by atoms with Gasteiger partial charge in [0, 0.05) is 31.7 Å². The maximum absolute atomic E-state index is 13.1. The van der Waals surface area contributed by atoms with Gasteiger partial charge in [-0.1, -0.05) is 0 Å². The molecular formula is C20H21N9O2. The Kier molecular flexibility index (Phi) is 5.31. The van der Waals surface area contributed by atoms with E-state index in [1.807, 2.05) is 6.92 Å². The molecule has 0 saturated heterocycles. The van der Waals surface area contributed by atoms with Gasteiger partial charge in [-0.3, -0.25) is 9.79 Å². The number of methoxy groups -OCH3 is 1. The van der Waals surface area contributed by atoms with Crippen LogP contribution in [-0.4, -0.2) is 50.3 Å². The Hall–Kier alpha value is -4.28. The van der Waals surface area contributed by atoms with Gasteiger partial charge in [0.05, 0.1) is 41.9 Å². The monoisotopic (exact) mass is 419 g/mol. The van der Waals surface area contributed by atoms with Crippen molar-refractivity contribution < 1.29 is 4.74 Å². The first-order chi connectivity index (χ1) is 15.0. The van der Waals surface area contributed by atoms with E-state index in [-0.39, 0.29) is 17.2 Å². The van der Waals surface area contributed by atoms with E-state index >= 15 is 0 Å². The summed E-state index contributed by atoms with van der Waals surface area (Å²) < 4.78 is 5.21. The predicted molar refractivity (Wildman–Crippen MR) is 118 cm³/mol. The van der Waals surface area contributed by atoms with Crippen molar-refractivity contribution >= 4 is 28.8 Å². The summed E-state index contributed by atoms with van der Waals surface area (Å²) in [6, 6.07) is 3.15. The Labute approximate surface area is 176 Å². The average molecular weight is 419 g/mol. The molecule has 0 aliphatic carbocycles. The molecule has 0 saturated carbocycles. The van der Waals surface area contributed by atoms with E-state index in [1.165, 1.54) is 6.21 Å².